The molecule has 4 heteroatoms. The summed E-state index contributed by atoms with van der Waals surface area (Å²) in [5.74, 6) is 5.59. The molecule has 3 saturated carbocycles. The van der Waals surface area contributed by atoms with Crippen LogP contribution in [-0.4, -0.2) is 18.1 Å². The Balaban J connectivity index is 2.06. The highest BCUT2D eigenvalue weighted by molar-refractivity contribution is 5.77. The first-order valence-electron chi connectivity index (χ1n) is 5.81. The maximum Gasteiger partial charge on any atom is 0.312 e. The van der Waals surface area contributed by atoms with Crippen molar-refractivity contribution in [1.82, 2.24) is 5.43 Å². The predicted octanol–water partition coefficient (Wildman–Crippen LogP) is 1.11. The molecular formula is C11H20N2O2. The first kappa shape index (κ1) is 10.9. The summed E-state index contributed by atoms with van der Waals surface area (Å²) in [5, 5.41) is 0. The van der Waals surface area contributed by atoms with E-state index in [4.69, 9.17) is 10.6 Å². The SMILES string of the molecule is CCOC(=O)C12CCC(NN)(CC1)CC2. The monoisotopic (exact) mass is 212 g/mol. The summed E-state index contributed by atoms with van der Waals surface area (Å²) < 4.78 is 5.18. The zero-order chi connectivity index (χ0) is 10.9. The molecule has 0 aliphatic heterocycles. The minimum atomic E-state index is -0.186. The van der Waals surface area contributed by atoms with Crippen molar-refractivity contribution < 1.29 is 9.53 Å². The van der Waals surface area contributed by atoms with E-state index in [1.54, 1.807) is 0 Å². The number of hydrogen-bond donors (Lipinski definition) is 2. The first-order valence-corrected chi connectivity index (χ1v) is 5.81. The number of nitrogens with two attached hydrogens (primary N) is 1. The maximum atomic E-state index is 11.9. The van der Waals surface area contributed by atoms with Gasteiger partial charge in [-0.15, -0.1) is 0 Å². The zero-order valence-corrected chi connectivity index (χ0v) is 9.34. The second-order valence-corrected chi connectivity index (χ2v) is 4.93. The lowest BCUT2D eigenvalue weighted by Crippen LogP contribution is -2.59. The summed E-state index contributed by atoms with van der Waals surface area (Å²) in [7, 11) is 0. The Hall–Kier alpha value is -0.610. The van der Waals surface area contributed by atoms with Gasteiger partial charge in [-0.1, -0.05) is 0 Å². The van der Waals surface area contributed by atoms with Crippen LogP contribution in [-0.2, 0) is 9.53 Å². The fourth-order valence-electron chi connectivity index (χ4n) is 2.99. The lowest BCUT2D eigenvalue weighted by Gasteiger charge is -2.51. The number of ether oxygens (including phenoxy) is 1. The molecule has 0 aromatic rings. The molecule has 3 rings (SSSR count). The van der Waals surface area contributed by atoms with E-state index < -0.39 is 0 Å². The number of carbonyl (C=O) groups is 1. The molecule has 3 aliphatic rings. The summed E-state index contributed by atoms with van der Waals surface area (Å²) in [5.41, 5.74) is 2.86. The molecule has 0 atom stereocenters. The Kier molecular flexibility index (Phi) is 2.73. The number of rotatable bonds is 3. The van der Waals surface area contributed by atoms with Gasteiger partial charge in [0.2, 0.25) is 0 Å². The van der Waals surface area contributed by atoms with Crippen LogP contribution in [0.25, 0.3) is 0 Å². The van der Waals surface area contributed by atoms with Crippen molar-refractivity contribution in [3.63, 3.8) is 0 Å². The standard InChI is InChI=1S/C11H20N2O2/c1-2-15-9(14)10-3-6-11(13-12,7-4-10)8-5-10/h13H,2-8,12H2,1H3. The molecule has 3 aliphatic carbocycles. The number of hydrazine groups is 1. The molecule has 0 spiro atoms. The molecule has 0 aromatic heterocycles. The van der Waals surface area contributed by atoms with Gasteiger partial charge < -0.3 is 4.74 Å². The van der Waals surface area contributed by atoms with Crippen molar-refractivity contribution in [1.29, 1.82) is 0 Å². The van der Waals surface area contributed by atoms with E-state index in [0.717, 1.165) is 38.5 Å². The second-order valence-electron chi connectivity index (χ2n) is 4.93. The quantitative estimate of drug-likeness (QED) is 0.418. The van der Waals surface area contributed by atoms with E-state index in [0.29, 0.717) is 6.61 Å². The lowest BCUT2D eigenvalue weighted by atomic mass is 9.57. The Morgan fingerprint density at radius 3 is 2.20 bits per heavy atom. The van der Waals surface area contributed by atoms with Gasteiger partial charge in [0, 0.05) is 5.54 Å². The predicted molar refractivity (Wildman–Crippen MR) is 56.8 cm³/mol. The smallest absolute Gasteiger partial charge is 0.312 e. The first-order chi connectivity index (χ1) is 7.16. The Morgan fingerprint density at radius 1 is 1.27 bits per heavy atom. The summed E-state index contributed by atoms with van der Waals surface area (Å²) in [6, 6.07) is 0. The van der Waals surface area contributed by atoms with Crippen LogP contribution in [0.3, 0.4) is 0 Å². The van der Waals surface area contributed by atoms with Crippen LogP contribution < -0.4 is 11.3 Å². The highest BCUT2D eigenvalue weighted by Gasteiger charge is 2.52. The van der Waals surface area contributed by atoms with Gasteiger partial charge in [-0.25, -0.2) is 0 Å². The summed E-state index contributed by atoms with van der Waals surface area (Å²) in [6.45, 7) is 2.35. The normalized spacial score (nSPS) is 39.1. The Morgan fingerprint density at radius 2 is 1.80 bits per heavy atom. The van der Waals surface area contributed by atoms with Crippen LogP contribution in [0.15, 0.2) is 0 Å². The highest BCUT2D eigenvalue weighted by atomic mass is 16.5. The highest BCUT2D eigenvalue weighted by Crippen LogP contribution is 2.52. The van der Waals surface area contributed by atoms with E-state index in [-0.39, 0.29) is 16.9 Å². The molecule has 3 fully saturated rings. The lowest BCUT2D eigenvalue weighted by molar-refractivity contribution is -0.163. The molecule has 86 valence electrons. The van der Waals surface area contributed by atoms with Gasteiger partial charge in [0.05, 0.1) is 12.0 Å². The van der Waals surface area contributed by atoms with Crippen LogP contribution >= 0.6 is 0 Å². The van der Waals surface area contributed by atoms with E-state index in [1.807, 2.05) is 6.92 Å². The summed E-state index contributed by atoms with van der Waals surface area (Å²) >= 11 is 0. The summed E-state index contributed by atoms with van der Waals surface area (Å²) in [6.07, 6.45) is 5.79. The van der Waals surface area contributed by atoms with Gasteiger partial charge in [0.1, 0.15) is 0 Å². The molecule has 0 heterocycles. The number of hydrogen-bond acceptors (Lipinski definition) is 4. The molecule has 0 amide bonds. The molecule has 2 bridgehead atoms. The molecule has 0 unspecified atom stereocenters. The Bertz CT molecular complexity index is 241. The van der Waals surface area contributed by atoms with Gasteiger partial charge in [-0.05, 0) is 45.4 Å². The van der Waals surface area contributed by atoms with Crippen LogP contribution in [0.1, 0.15) is 45.4 Å². The third kappa shape index (κ3) is 1.66. The molecule has 0 aromatic carbocycles. The number of carbonyl (C=O) groups excluding carboxylic acids is 1. The van der Waals surface area contributed by atoms with Crippen molar-refractivity contribution >= 4 is 5.97 Å². The largest absolute Gasteiger partial charge is 0.466 e. The van der Waals surface area contributed by atoms with Crippen molar-refractivity contribution in [3.8, 4) is 0 Å². The van der Waals surface area contributed by atoms with Crippen LogP contribution in [0, 0.1) is 5.41 Å². The molecule has 4 nitrogen and oxygen atoms in total. The number of fused-ring (bicyclic) bond motifs is 3. The van der Waals surface area contributed by atoms with Crippen LogP contribution in [0.4, 0.5) is 0 Å². The van der Waals surface area contributed by atoms with Gasteiger partial charge in [-0.3, -0.25) is 16.1 Å². The number of esters is 1. The topological polar surface area (TPSA) is 64.3 Å². The van der Waals surface area contributed by atoms with Crippen molar-refractivity contribution in [2.24, 2.45) is 11.3 Å². The van der Waals surface area contributed by atoms with Crippen molar-refractivity contribution in [2.75, 3.05) is 6.61 Å². The minimum absolute atomic E-state index is 0.00956. The van der Waals surface area contributed by atoms with Crippen LogP contribution in [0.5, 0.6) is 0 Å². The van der Waals surface area contributed by atoms with E-state index in [9.17, 15) is 4.79 Å². The van der Waals surface area contributed by atoms with Crippen molar-refractivity contribution in [3.05, 3.63) is 0 Å². The van der Waals surface area contributed by atoms with Gasteiger partial charge >= 0.3 is 5.97 Å². The van der Waals surface area contributed by atoms with Gasteiger partial charge in [0.25, 0.3) is 0 Å². The second kappa shape index (κ2) is 3.76. The fraction of sp³-hybridized carbons (Fsp3) is 0.909. The van der Waals surface area contributed by atoms with E-state index >= 15 is 0 Å². The third-order valence-corrected chi connectivity index (χ3v) is 4.26. The molecule has 0 radical (unpaired) electrons. The number of nitrogens with one attached hydrogen (secondary N) is 1. The fourth-order valence-corrected chi connectivity index (χ4v) is 2.99. The molecular weight excluding hydrogens is 192 g/mol. The van der Waals surface area contributed by atoms with Gasteiger partial charge in [-0.2, -0.15) is 0 Å². The van der Waals surface area contributed by atoms with E-state index in [1.165, 1.54) is 0 Å². The summed E-state index contributed by atoms with van der Waals surface area (Å²) in [4.78, 5) is 11.9. The third-order valence-electron chi connectivity index (χ3n) is 4.26. The molecule has 0 saturated heterocycles. The Labute approximate surface area is 90.5 Å². The average Bonchev–Trinajstić information content (AvgIpc) is 2.32. The maximum absolute atomic E-state index is 11.9. The molecule has 3 N–H and O–H groups in total. The van der Waals surface area contributed by atoms with Crippen LogP contribution in [0.2, 0.25) is 0 Å². The molecule has 15 heavy (non-hydrogen) atoms. The average molecular weight is 212 g/mol. The van der Waals surface area contributed by atoms with E-state index in [2.05, 4.69) is 5.43 Å². The zero-order valence-electron chi connectivity index (χ0n) is 9.34. The van der Waals surface area contributed by atoms with Gasteiger partial charge in [0.15, 0.2) is 0 Å². The van der Waals surface area contributed by atoms with Crippen molar-refractivity contribution in [2.45, 2.75) is 51.0 Å². The minimum Gasteiger partial charge on any atom is -0.466 e.